The fourth-order valence-electron chi connectivity index (χ4n) is 1.20. The predicted molar refractivity (Wildman–Crippen MR) is 30.6 cm³/mol. The molecule has 0 saturated carbocycles. The van der Waals surface area contributed by atoms with Gasteiger partial charge in [0.05, 0.1) is 0 Å². The van der Waals surface area contributed by atoms with Crippen LogP contribution in [-0.2, 0) is 14.2 Å². The Balaban J connectivity index is 2.34. The summed E-state index contributed by atoms with van der Waals surface area (Å²) in [5.41, 5.74) is 0. The van der Waals surface area contributed by atoms with Crippen LogP contribution in [0, 0.1) is 0 Å². The molecule has 0 aromatic carbocycles. The van der Waals surface area contributed by atoms with Gasteiger partial charge >= 0.3 is 18.1 Å². The molecular weight excluding hydrogens is 234 g/mol. The maximum absolute atomic E-state index is 12.3. The van der Waals surface area contributed by atoms with Gasteiger partial charge in [-0.05, 0) is 0 Å². The number of rotatable bonds is 0. The van der Waals surface area contributed by atoms with Gasteiger partial charge in [0.1, 0.15) is 13.2 Å². The molecule has 2 aliphatic rings. The quantitative estimate of drug-likeness (QED) is 0.474. The molecule has 1 atom stereocenters. The Morgan fingerprint density at radius 1 is 0.800 bits per heavy atom. The van der Waals surface area contributed by atoms with Crippen LogP contribution >= 0.6 is 0 Å². The first-order chi connectivity index (χ1) is 6.62. The summed E-state index contributed by atoms with van der Waals surface area (Å²) >= 11 is 0. The summed E-state index contributed by atoms with van der Waals surface area (Å²) in [4.78, 5) is 0. The number of hydrogen-bond acceptors (Lipinski definition) is 3. The number of alkyl halides is 6. The van der Waals surface area contributed by atoms with E-state index in [-0.39, 0.29) is 6.61 Å². The Kier molecular flexibility index (Phi) is 1.89. The zero-order valence-electron chi connectivity index (χ0n) is 6.91. The Bertz CT molecular complexity index is 264. The van der Waals surface area contributed by atoms with Gasteiger partial charge in [-0.2, -0.15) is 26.3 Å². The monoisotopic (exact) mass is 238 g/mol. The summed E-state index contributed by atoms with van der Waals surface area (Å²) in [6.45, 7) is -1.22. The summed E-state index contributed by atoms with van der Waals surface area (Å²) in [6, 6.07) is 0. The average molecular weight is 238 g/mol. The SMILES string of the molecule is FC(F)(F)C1(C(F)(F)F)OCC2(CO2)O1. The molecule has 88 valence electrons. The van der Waals surface area contributed by atoms with Crippen LogP contribution in [0.4, 0.5) is 26.3 Å². The van der Waals surface area contributed by atoms with Crippen molar-refractivity contribution in [1.82, 2.24) is 0 Å². The van der Waals surface area contributed by atoms with Gasteiger partial charge in [-0.15, -0.1) is 0 Å². The van der Waals surface area contributed by atoms with Crippen LogP contribution in [0.2, 0.25) is 0 Å². The van der Waals surface area contributed by atoms with Crippen molar-refractivity contribution in [3.63, 3.8) is 0 Å². The van der Waals surface area contributed by atoms with Crippen LogP contribution in [0.25, 0.3) is 0 Å². The van der Waals surface area contributed by atoms with E-state index < -0.39 is 30.5 Å². The van der Waals surface area contributed by atoms with E-state index in [9.17, 15) is 26.3 Å². The Morgan fingerprint density at radius 3 is 1.47 bits per heavy atom. The van der Waals surface area contributed by atoms with Crippen molar-refractivity contribution < 1.29 is 40.6 Å². The highest BCUT2D eigenvalue weighted by molar-refractivity contribution is 4.99. The van der Waals surface area contributed by atoms with Crippen LogP contribution in [0.3, 0.4) is 0 Å². The standard InChI is InChI=1S/C6H4F6O3/c7-5(8,9)4(6(10,11)12)14-2-3(15-4)1-13-3/h1-2H2. The van der Waals surface area contributed by atoms with Gasteiger partial charge in [-0.1, -0.05) is 0 Å². The van der Waals surface area contributed by atoms with Gasteiger partial charge in [0.25, 0.3) is 0 Å². The number of hydrogen-bond donors (Lipinski definition) is 0. The molecule has 2 aliphatic heterocycles. The highest BCUT2D eigenvalue weighted by atomic mass is 19.4. The highest BCUT2D eigenvalue weighted by Crippen LogP contribution is 2.55. The molecule has 0 N–H and O–H groups in total. The molecule has 0 bridgehead atoms. The van der Waals surface area contributed by atoms with E-state index in [1.165, 1.54) is 0 Å². The van der Waals surface area contributed by atoms with E-state index >= 15 is 0 Å². The molecule has 0 aromatic rings. The molecule has 1 unspecified atom stereocenters. The lowest BCUT2D eigenvalue weighted by atomic mass is 10.2. The van der Waals surface area contributed by atoms with Gasteiger partial charge < -0.3 is 9.47 Å². The molecule has 0 amide bonds. The van der Waals surface area contributed by atoms with Crippen LogP contribution in [-0.4, -0.2) is 37.1 Å². The lowest BCUT2D eigenvalue weighted by Crippen LogP contribution is -2.58. The van der Waals surface area contributed by atoms with Gasteiger partial charge in [0.2, 0.25) is 5.79 Å². The second-order valence-electron chi connectivity index (χ2n) is 3.20. The molecule has 3 nitrogen and oxygen atoms in total. The molecule has 15 heavy (non-hydrogen) atoms. The Hall–Kier alpha value is -0.540. The van der Waals surface area contributed by atoms with Gasteiger partial charge in [-0.3, -0.25) is 4.74 Å². The van der Waals surface area contributed by atoms with Crippen molar-refractivity contribution in [3.8, 4) is 0 Å². The number of halogens is 6. The van der Waals surface area contributed by atoms with Crippen molar-refractivity contribution in [1.29, 1.82) is 0 Å². The average Bonchev–Trinajstić information content (AvgIpc) is 2.56. The molecule has 2 rings (SSSR count). The fourth-order valence-corrected chi connectivity index (χ4v) is 1.20. The van der Waals surface area contributed by atoms with Crippen molar-refractivity contribution in [2.45, 2.75) is 23.9 Å². The minimum absolute atomic E-state index is 0.332. The molecular formula is C6H4F6O3. The maximum atomic E-state index is 12.3. The smallest absolute Gasteiger partial charge is 0.340 e. The van der Waals surface area contributed by atoms with Crippen molar-refractivity contribution in [3.05, 3.63) is 0 Å². The first-order valence-electron chi connectivity index (χ1n) is 3.73. The van der Waals surface area contributed by atoms with Crippen LogP contribution < -0.4 is 0 Å². The van der Waals surface area contributed by atoms with Crippen LogP contribution in [0.15, 0.2) is 0 Å². The normalized spacial score (nSPS) is 34.8. The van der Waals surface area contributed by atoms with Gasteiger partial charge in [0.15, 0.2) is 0 Å². The molecule has 2 fully saturated rings. The van der Waals surface area contributed by atoms with Crippen molar-refractivity contribution >= 4 is 0 Å². The minimum atomic E-state index is -5.69. The largest absolute Gasteiger partial charge is 0.453 e. The summed E-state index contributed by atoms with van der Waals surface area (Å²) in [6.07, 6.45) is -11.4. The third-order valence-corrected chi connectivity index (χ3v) is 2.04. The molecule has 0 aromatic heterocycles. The molecule has 2 heterocycles. The zero-order chi connectivity index (χ0) is 11.5. The second kappa shape index (κ2) is 2.58. The minimum Gasteiger partial charge on any atom is -0.340 e. The second-order valence-corrected chi connectivity index (χ2v) is 3.20. The van der Waals surface area contributed by atoms with Crippen LogP contribution in [0.5, 0.6) is 0 Å². The first kappa shape index (κ1) is 11.0. The van der Waals surface area contributed by atoms with Crippen molar-refractivity contribution in [2.75, 3.05) is 13.2 Å². The molecule has 9 heteroatoms. The van der Waals surface area contributed by atoms with Gasteiger partial charge in [-0.25, -0.2) is 0 Å². The fraction of sp³-hybridized carbons (Fsp3) is 1.00. The third kappa shape index (κ3) is 1.41. The molecule has 1 spiro atoms. The summed E-state index contributed by atoms with van der Waals surface area (Å²) < 4.78 is 85.5. The lowest BCUT2D eigenvalue weighted by molar-refractivity contribution is -0.447. The van der Waals surface area contributed by atoms with E-state index in [0.717, 1.165) is 0 Å². The number of ether oxygens (including phenoxy) is 3. The van der Waals surface area contributed by atoms with Gasteiger partial charge in [0, 0.05) is 0 Å². The number of epoxide rings is 1. The molecule has 2 saturated heterocycles. The van der Waals surface area contributed by atoms with Crippen molar-refractivity contribution in [2.24, 2.45) is 0 Å². The Labute approximate surface area is 78.9 Å². The summed E-state index contributed by atoms with van der Waals surface area (Å²) in [5, 5.41) is 0. The predicted octanol–water partition coefficient (Wildman–Crippen LogP) is 1.58. The first-order valence-corrected chi connectivity index (χ1v) is 3.73. The van der Waals surface area contributed by atoms with E-state index in [4.69, 9.17) is 0 Å². The molecule has 0 radical (unpaired) electrons. The topological polar surface area (TPSA) is 31.0 Å². The van der Waals surface area contributed by atoms with E-state index in [0.29, 0.717) is 0 Å². The van der Waals surface area contributed by atoms with E-state index in [2.05, 4.69) is 14.2 Å². The molecule has 0 aliphatic carbocycles. The lowest BCUT2D eigenvalue weighted by Gasteiger charge is -2.30. The highest BCUT2D eigenvalue weighted by Gasteiger charge is 2.81. The Morgan fingerprint density at radius 2 is 1.27 bits per heavy atom. The maximum Gasteiger partial charge on any atom is 0.453 e. The third-order valence-electron chi connectivity index (χ3n) is 2.04. The van der Waals surface area contributed by atoms with E-state index in [1.807, 2.05) is 0 Å². The van der Waals surface area contributed by atoms with Crippen LogP contribution in [0.1, 0.15) is 0 Å². The summed E-state index contributed by atoms with van der Waals surface area (Å²) in [5.74, 6) is -6.43. The summed E-state index contributed by atoms with van der Waals surface area (Å²) in [7, 11) is 0. The zero-order valence-corrected chi connectivity index (χ0v) is 6.91. The van der Waals surface area contributed by atoms with E-state index in [1.54, 1.807) is 0 Å².